The summed E-state index contributed by atoms with van der Waals surface area (Å²) in [6.07, 6.45) is -1.21. The highest BCUT2D eigenvalue weighted by atomic mass is 19.4. The van der Waals surface area contributed by atoms with Crippen molar-refractivity contribution in [3.63, 3.8) is 0 Å². The number of aromatic nitrogens is 3. The van der Waals surface area contributed by atoms with Gasteiger partial charge in [-0.25, -0.2) is 8.78 Å². The molecule has 2 aliphatic carbocycles. The summed E-state index contributed by atoms with van der Waals surface area (Å²) < 4.78 is 72.9. The van der Waals surface area contributed by atoms with Gasteiger partial charge in [-0.15, -0.1) is 10.2 Å². The largest absolute Gasteiger partial charge is 0.416 e. The smallest absolute Gasteiger partial charge is 0.320 e. The van der Waals surface area contributed by atoms with Crippen molar-refractivity contribution in [1.29, 1.82) is 0 Å². The maximum Gasteiger partial charge on any atom is 0.416 e. The van der Waals surface area contributed by atoms with E-state index >= 15 is 0 Å². The molecule has 1 aliphatic heterocycles. The topological polar surface area (TPSA) is 63.0 Å². The Morgan fingerprint density at radius 3 is 2.40 bits per heavy atom. The Kier molecular flexibility index (Phi) is 5.93. The summed E-state index contributed by atoms with van der Waals surface area (Å²) in [7, 11) is 1.68. The van der Waals surface area contributed by atoms with Crippen LogP contribution < -0.4 is 10.2 Å². The molecule has 1 N–H and O–H groups in total. The summed E-state index contributed by atoms with van der Waals surface area (Å²) in [5.41, 5.74) is -0.881. The Morgan fingerprint density at radius 2 is 1.82 bits per heavy atom. The van der Waals surface area contributed by atoms with Crippen molar-refractivity contribution in [3.05, 3.63) is 76.4 Å². The van der Waals surface area contributed by atoms with Crippen molar-refractivity contribution < 1.29 is 26.7 Å². The van der Waals surface area contributed by atoms with Gasteiger partial charge >= 0.3 is 6.18 Å². The maximum absolute atomic E-state index is 14.3. The minimum absolute atomic E-state index is 0.0147. The maximum atomic E-state index is 14.3. The van der Waals surface area contributed by atoms with E-state index in [0.29, 0.717) is 22.6 Å². The molecule has 3 aromatic rings. The van der Waals surface area contributed by atoms with Crippen molar-refractivity contribution in [2.75, 3.05) is 4.90 Å². The van der Waals surface area contributed by atoms with Gasteiger partial charge in [-0.05, 0) is 74.1 Å². The van der Waals surface area contributed by atoms with Gasteiger partial charge in [0.05, 0.1) is 17.5 Å². The zero-order valence-electron chi connectivity index (χ0n) is 22.4. The van der Waals surface area contributed by atoms with E-state index in [0.717, 1.165) is 25.3 Å². The van der Waals surface area contributed by atoms with Crippen LogP contribution in [0.2, 0.25) is 0 Å². The number of fused-ring (bicyclic) bond motifs is 1. The lowest BCUT2D eigenvalue weighted by Crippen LogP contribution is -2.51. The number of nitrogens with zero attached hydrogens (tertiary/aromatic N) is 4. The predicted molar refractivity (Wildman–Crippen MR) is 138 cm³/mol. The molecular weight excluding hydrogens is 529 g/mol. The van der Waals surface area contributed by atoms with E-state index in [9.17, 15) is 26.7 Å². The lowest BCUT2D eigenvalue weighted by molar-refractivity contribution is -0.138. The fourth-order valence-corrected chi connectivity index (χ4v) is 6.61. The Bertz CT molecular complexity index is 1480. The molecule has 0 unspecified atom stereocenters. The first-order valence-electron chi connectivity index (χ1n) is 13.4. The quantitative estimate of drug-likeness (QED) is 0.360. The van der Waals surface area contributed by atoms with Gasteiger partial charge in [0.15, 0.2) is 0 Å². The minimum atomic E-state index is -4.65. The van der Waals surface area contributed by atoms with Crippen molar-refractivity contribution >= 4 is 11.6 Å². The van der Waals surface area contributed by atoms with E-state index in [1.807, 2.05) is 6.92 Å². The van der Waals surface area contributed by atoms with Crippen LogP contribution in [0.4, 0.5) is 27.6 Å². The number of amides is 1. The van der Waals surface area contributed by atoms with Crippen LogP contribution in [0.25, 0.3) is 0 Å². The second kappa shape index (κ2) is 8.83. The van der Waals surface area contributed by atoms with E-state index in [2.05, 4.69) is 22.4 Å². The molecular formula is C29H30F5N5O. The highest BCUT2D eigenvalue weighted by molar-refractivity contribution is 6.10. The monoisotopic (exact) mass is 559 g/mol. The average Bonchev–Trinajstić information content (AvgIpc) is 3.43. The molecule has 1 aromatic heterocycles. The number of hydrogen-bond acceptors (Lipinski definition) is 4. The Balaban J connectivity index is 1.37. The highest BCUT2D eigenvalue weighted by Crippen LogP contribution is 2.57. The van der Waals surface area contributed by atoms with Crippen molar-refractivity contribution in [3.8, 4) is 0 Å². The van der Waals surface area contributed by atoms with E-state index in [1.54, 1.807) is 41.9 Å². The number of aryl methyl sites for hydroxylation is 1. The van der Waals surface area contributed by atoms with Crippen LogP contribution in [0.5, 0.6) is 0 Å². The average molecular weight is 560 g/mol. The summed E-state index contributed by atoms with van der Waals surface area (Å²) in [6.45, 7) is 3.60. The van der Waals surface area contributed by atoms with Crippen molar-refractivity contribution in [1.82, 2.24) is 20.1 Å². The van der Waals surface area contributed by atoms with Crippen LogP contribution in [-0.4, -0.2) is 32.1 Å². The molecule has 2 saturated carbocycles. The molecule has 2 aromatic carbocycles. The molecule has 0 saturated heterocycles. The van der Waals surface area contributed by atoms with E-state index in [1.165, 1.54) is 11.2 Å². The molecule has 3 aliphatic rings. The third-order valence-corrected chi connectivity index (χ3v) is 8.86. The van der Waals surface area contributed by atoms with Crippen LogP contribution in [0.3, 0.4) is 0 Å². The van der Waals surface area contributed by atoms with Gasteiger partial charge in [0.2, 0.25) is 0 Å². The number of carbonyl (C=O) groups excluding carboxylic acids is 1. The standard InChI is InChI=1S/C29H30F5N5O/c1-17(36-26(2)8-5-9-26)18-10-21-22(23(11-18)29(32,33)34)13-39(24(21)40)20-7-4-6-19(12-20)27(14-28(30,31)15-27)25-37-35-16-38(25)3/h4,6-7,10-12,16-17,36H,5,8-9,13-15H2,1-3H3/t17-/m0/s1. The lowest BCUT2D eigenvalue weighted by Gasteiger charge is -2.46. The Morgan fingerprint density at radius 1 is 1.10 bits per heavy atom. The van der Waals surface area contributed by atoms with Crippen molar-refractivity contribution in [2.45, 2.75) is 81.6 Å². The molecule has 0 radical (unpaired) electrons. The number of hydrogen-bond donors (Lipinski definition) is 1. The number of anilines is 1. The summed E-state index contributed by atoms with van der Waals surface area (Å²) in [5, 5.41) is 11.4. The Hall–Kier alpha value is -3.34. The molecule has 11 heteroatoms. The van der Waals surface area contributed by atoms with Gasteiger partial charge < -0.3 is 14.8 Å². The molecule has 0 bridgehead atoms. The molecule has 1 atom stereocenters. The number of carbonyl (C=O) groups is 1. The first-order valence-corrected chi connectivity index (χ1v) is 13.4. The molecule has 40 heavy (non-hydrogen) atoms. The summed E-state index contributed by atoms with van der Waals surface area (Å²) >= 11 is 0. The van der Waals surface area contributed by atoms with Crippen LogP contribution in [0.1, 0.15) is 90.4 Å². The third kappa shape index (κ3) is 4.29. The van der Waals surface area contributed by atoms with Gasteiger partial charge in [0, 0.05) is 42.7 Å². The number of halogens is 5. The molecule has 2 heterocycles. The fourth-order valence-electron chi connectivity index (χ4n) is 6.61. The normalized spacial score (nSPS) is 21.5. The minimum Gasteiger partial charge on any atom is -0.320 e. The highest BCUT2D eigenvalue weighted by Gasteiger charge is 2.60. The fraction of sp³-hybridized carbons (Fsp3) is 0.483. The van der Waals surface area contributed by atoms with Crippen LogP contribution in [-0.2, 0) is 25.2 Å². The molecule has 2 fully saturated rings. The first kappa shape index (κ1) is 26.9. The van der Waals surface area contributed by atoms with Gasteiger partial charge in [-0.3, -0.25) is 4.79 Å². The summed E-state index contributed by atoms with van der Waals surface area (Å²) in [5.74, 6) is -3.06. The predicted octanol–water partition coefficient (Wildman–Crippen LogP) is 6.30. The Labute approximate surface area is 228 Å². The first-order chi connectivity index (χ1) is 18.7. The van der Waals surface area contributed by atoms with E-state index in [4.69, 9.17) is 0 Å². The summed E-state index contributed by atoms with van der Waals surface area (Å²) in [6, 6.07) is 8.88. The zero-order valence-corrected chi connectivity index (χ0v) is 22.4. The molecule has 0 spiro atoms. The SMILES string of the molecule is C[C@H](NC1(C)CCC1)c1cc2c(c(C(F)(F)F)c1)CN(c1cccc(C3(c4nncn4C)CC(F)(F)C3)c1)C2=O. The van der Waals surface area contributed by atoms with Crippen LogP contribution in [0.15, 0.2) is 42.7 Å². The van der Waals surface area contributed by atoms with E-state index in [-0.39, 0.29) is 29.3 Å². The molecule has 212 valence electrons. The second-order valence-electron chi connectivity index (χ2n) is 11.9. The molecule has 1 amide bonds. The van der Waals surface area contributed by atoms with Gasteiger partial charge in [0.25, 0.3) is 11.8 Å². The summed E-state index contributed by atoms with van der Waals surface area (Å²) in [4.78, 5) is 14.9. The number of rotatable bonds is 6. The number of alkyl halides is 5. The number of nitrogens with one attached hydrogen (secondary N) is 1. The van der Waals surface area contributed by atoms with Gasteiger partial charge in [-0.2, -0.15) is 13.2 Å². The zero-order chi connectivity index (χ0) is 28.7. The van der Waals surface area contributed by atoms with Crippen LogP contribution >= 0.6 is 0 Å². The van der Waals surface area contributed by atoms with Crippen LogP contribution in [0, 0.1) is 0 Å². The third-order valence-electron chi connectivity index (χ3n) is 8.86. The van der Waals surface area contributed by atoms with E-state index < -0.39 is 41.8 Å². The molecule has 6 nitrogen and oxygen atoms in total. The van der Waals surface area contributed by atoms with Crippen molar-refractivity contribution in [2.24, 2.45) is 7.05 Å². The van der Waals surface area contributed by atoms with Gasteiger partial charge in [-0.1, -0.05) is 12.1 Å². The lowest BCUT2D eigenvalue weighted by atomic mass is 9.61. The number of benzene rings is 2. The molecule has 6 rings (SSSR count). The second-order valence-corrected chi connectivity index (χ2v) is 11.9. The van der Waals surface area contributed by atoms with Gasteiger partial charge in [0.1, 0.15) is 12.2 Å².